The van der Waals surface area contributed by atoms with E-state index in [4.69, 9.17) is 0 Å². The van der Waals surface area contributed by atoms with Crippen LogP contribution in [-0.2, 0) is 11.8 Å². The summed E-state index contributed by atoms with van der Waals surface area (Å²) in [6.07, 6.45) is 4.02. The zero-order valence-corrected chi connectivity index (χ0v) is 15.5. The Hall–Kier alpha value is -3.35. The molecule has 1 aromatic carbocycles. The maximum atomic E-state index is 13.3. The number of carbonyl (C=O) groups excluding carboxylic acids is 1. The summed E-state index contributed by atoms with van der Waals surface area (Å²) in [6.45, 7) is 4.81. The standard InChI is InChI=1S/C21H20FN5O/c1-3-20(28)27-11-8-15(13-27)21-17(18-9-10-26(2)25-18)12-19(23-24-21)14-4-6-16(22)7-5-14/h3-7,9-10,12,15H,1,8,11,13H2,2H3/t15-/m1/s1. The van der Waals surface area contributed by atoms with E-state index in [1.165, 1.54) is 18.2 Å². The van der Waals surface area contributed by atoms with Crippen molar-refractivity contribution in [3.63, 3.8) is 0 Å². The Morgan fingerprint density at radius 3 is 2.68 bits per heavy atom. The molecule has 6 nitrogen and oxygen atoms in total. The van der Waals surface area contributed by atoms with Crippen molar-refractivity contribution >= 4 is 5.91 Å². The molecule has 0 N–H and O–H groups in total. The van der Waals surface area contributed by atoms with Crippen LogP contribution < -0.4 is 0 Å². The highest BCUT2D eigenvalue weighted by Crippen LogP contribution is 2.34. The lowest BCUT2D eigenvalue weighted by Crippen LogP contribution is -2.26. The van der Waals surface area contributed by atoms with Gasteiger partial charge in [-0.3, -0.25) is 9.48 Å². The van der Waals surface area contributed by atoms with E-state index < -0.39 is 0 Å². The lowest BCUT2D eigenvalue weighted by Gasteiger charge is -2.16. The molecule has 3 aromatic rings. The molecule has 1 aliphatic rings. The Labute approximate surface area is 162 Å². The van der Waals surface area contributed by atoms with Gasteiger partial charge in [-0.25, -0.2) is 4.39 Å². The summed E-state index contributed by atoms with van der Waals surface area (Å²) in [6, 6.07) is 10.0. The predicted molar refractivity (Wildman–Crippen MR) is 104 cm³/mol. The summed E-state index contributed by atoms with van der Waals surface area (Å²) >= 11 is 0. The number of hydrogen-bond donors (Lipinski definition) is 0. The number of halogens is 1. The summed E-state index contributed by atoms with van der Waals surface area (Å²) in [5, 5.41) is 13.4. The quantitative estimate of drug-likeness (QED) is 0.655. The number of hydrogen-bond acceptors (Lipinski definition) is 4. The highest BCUT2D eigenvalue weighted by molar-refractivity contribution is 5.87. The number of aromatic nitrogens is 4. The Bertz CT molecular complexity index is 1030. The lowest BCUT2D eigenvalue weighted by atomic mass is 9.96. The number of rotatable bonds is 4. The van der Waals surface area contributed by atoms with Gasteiger partial charge in [0.25, 0.3) is 0 Å². The van der Waals surface area contributed by atoms with E-state index in [-0.39, 0.29) is 17.6 Å². The Morgan fingerprint density at radius 1 is 1.21 bits per heavy atom. The van der Waals surface area contributed by atoms with Gasteiger partial charge >= 0.3 is 0 Å². The zero-order chi connectivity index (χ0) is 19.7. The summed E-state index contributed by atoms with van der Waals surface area (Å²) in [5.41, 5.74) is 3.94. The van der Waals surface area contributed by atoms with Crippen molar-refractivity contribution in [2.45, 2.75) is 12.3 Å². The molecule has 3 heterocycles. The van der Waals surface area contributed by atoms with Gasteiger partial charge in [0.1, 0.15) is 5.82 Å². The van der Waals surface area contributed by atoms with Crippen LogP contribution in [0.1, 0.15) is 18.0 Å². The fraction of sp³-hybridized carbons (Fsp3) is 0.238. The summed E-state index contributed by atoms with van der Waals surface area (Å²) in [5.74, 6) is -0.287. The number of carbonyl (C=O) groups is 1. The largest absolute Gasteiger partial charge is 0.338 e. The summed E-state index contributed by atoms with van der Waals surface area (Å²) in [4.78, 5) is 13.7. The zero-order valence-electron chi connectivity index (χ0n) is 15.5. The van der Waals surface area contributed by atoms with Gasteiger partial charge in [-0.1, -0.05) is 6.58 Å². The maximum absolute atomic E-state index is 13.3. The Balaban J connectivity index is 1.75. The van der Waals surface area contributed by atoms with E-state index in [0.29, 0.717) is 18.8 Å². The van der Waals surface area contributed by atoms with Crippen LogP contribution in [0.2, 0.25) is 0 Å². The van der Waals surface area contributed by atoms with Crippen LogP contribution in [0, 0.1) is 5.82 Å². The third-order valence-corrected chi connectivity index (χ3v) is 5.01. The number of nitrogens with zero attached hydrogens (tertiary/aromatic N) is 5. The van der Waals surface area contributed by atoms with E-state index in [9.17, 15) is 9.18 Å². The Morgan fingerprint density at radius 2 is 2.00 bits per heavy atom. The molecule has 0 unspecified atom stereocenters. The van der Waals surface area contributed by atoms with Crippen molar-refractivity contribution in [1.82, 2.24) is 24.9 Å². The van der Waals surface area contributed by atoms with Crippen LogP contribution in [0.3, 0.4) is 0 Å². The van der Waals surface area contributed by atoms with Gasteiger partial charge < -0.3 is 4.90 Å². The van der Waals surface area contributed by atoms with Crippen molar-refractivity contribution in [1.29, 1.82) is 0 Å². The van der Waals surface area contributed by atoms with Crippen molar-refractivity contribution in [3.8, 4) is 22.5 Å². The second-order valence-corrected chi connectivity index (χ2v) is 6.88. The molecule has 1 fully saturated rings. The molecule has 28 heavy (non-hydrogen) atoms. The molecule has 7 heteroatoms. The van der Waals surface area contributed by atoms with Crippen LogP contribution in [0.25, 0.3) is 22.5 Å². The average Bonchev–Trinajstić information content (AvgIpc) is 3.37. The molecule has 1 saturated heterocycles. The van der Waals surface area contributed by atoms with Crippen molar-refractivity contribution < 1.29 is 9.18 Å². The molecule has 142 valence electrons. The first-order chi connectivity index (χ1) is 13.5. The number of likely N-dealkylation sites (tertiary alicyclic amines) is 1. The summed E-state index contributed by atoms with van der Waals surface area (Å²) < 4.78 is 15.0. The topological polar surface area (TPSA) is 63.9 Å². The fourth-order valence-corrected chi connectivity index (χ4v) is 3.54. The van der Waals surface area contributed by atoms with Gasteiger partial charge in [0.15, 0.2) is 0 Å². The lowest BCUT2D eigenvalue weighted by molar-refractivity contribution is -0.125. The number of aryl methyl sites for hydroxylation is 1. The molecular weight excluding hydrogens is 357 g/mol. The number of benzene rings is 1. The first-order valence-corrected chi connectivity index (χ1v) is 9.10. The second-order valence-electron chi connectivity index (χ2n) is 6.88. The SMILES string of the molecule is C=CC(=O)N1CC[C@@H](c2nnc(-c3ccc(F)cc3)cc2-c2ccn(C)n2)C1. The maximum Gasteiger partial charge on any atom is 0.245 e. The van der Waals surface area contributed by atoms with Crippen molar-refractivity contribution in [2.75, 3.05) is 13.1 Å². The molecule has 2 aromatic heterocycles. The van der Waals surface area contributed by atoms with Crippen molar-refractivity contribution in [2.24, 2.45) is 7.05 Å². The van der Waals surface area contributed by atoms with Gasteiger partial charge in [-0.15, -0.1) is 0 Å². The molecule has 0 aliphatic carbocycles. The van der Waals surface area contributed by atoms with E-state index in [1.807, 2.05) is 25.4 Å². The number of amides is 1. The van der Waals surface area contributed by atoms with E-state index in [2.05, 4.69) is 21.9 Å². The molecule has 0 bridgehead atoms. The van der Waals surface area contributed by atoms with Gasteiger partial charge in [0, 0.05) is 43.4 Å². The third kappa shape index (κ3) is 3.43. The van der Waals surface area contributed by atoms with Crippen molar-refractivity contribution in [3.05, 3.63) is 66.8 Å². The highest BCUT2D eigenvalue weighted by atomic mass is 19.1. The van der Waals surface area contributed by atoms with Gasteiger partial charge in [-0.2, -0.15) is 15.3 Å². The van der Waals surface area contributed by atoms with Gasteiger partial charge in [-0.05, 0) is 48.9 Å². The minimum Gasteiger partial charge on any atom is -0.338 e. The first-order valence-electron chi connectivity index (χ1n) is 9.10. The molecule has 1 atom stereocenters. The van der Waals surface area contributed by atoms with Gasteiger partial charge in [0.05, 0.1) is 17.1 Å². The fourth-order valence-electron chi connectivity index (χ4n) is 3.54. The average molecular weight is 377 g/mol. The van der Waals surface area contributed by atoms with E-state index >= 15 is 0 Å². The summed E-state index contributed by atoms with van der Waals surface area (Å²) in [7, 11) is 1.86. The molecule has 1 amide bonds. The first kappa shape index (κ1) is 18.0. The van der Waals surface area contributed by atoms with Crippen LogP contribution in [0.4, 0.5) is 4.39 Å². The smallest absolute Gasteiger partial charge is 0.245 e. The molecular formula is C21H20FN5O. The molecule has 0 spiro atoms. The normalized spacial score (nSPS) is 16.4. The van der Waals surface area contributed by atoms with Crippen LogP contribution in [0.15, 0.2) is 55.3 Å². The third-order valence-electron chi connectivity index (χ3n) is 5.01. The van der Waals surface area contributed by atoms with Crippen LogP contribution in [0.5, 0.6) is 0 Å². The van der Waals surface area contributed by atoms with Crippen LogP contribution >= 0.6 is 0 Å². The second kappa shape index (κ2) is 7.34. The minimum absolute atomic E-state index is 0.0715. The van der Waals surface area contributed by atoms with Gasteiger partial charge in [0.2, 0.25) is 5.91 Å². The molecule has 0 radical (unpaired) electrons. The minimum atomic E-state index is -0.295. The Kier molecular flexibility index (Phi) is 4.73. The van der Waals surface area contributed by atoms with Crippen LogP contribution in [-0.4, -0.2) is 43.9 Å². The monoisotopic (exact) mass is 377 g/mol. The van der Waals surface area contributed by atoms with E-state index in [1.54, 1.807) is 21.7 Å². The van der Waals surface area contributed by atoms with E-state index in [0.717, 1.165) is 28.9 Å². The molecule has 4 rings (SSSR count). The molecule has 0 saturated carbocycles. The predicted octanol–water partition coefficient (Wildman–Crippen LogP) is 3.19. The highest BCUT2D eigenvalue weighted by Gasteiger charge is 2.30. The molecule has 1 aliphatic heterocycles.